The Bertz CT molecular complexity index is 632. The molecule has 0 aromatic heterocycles. The van der Waals surface area contributed by atoms with Gasteiger partial charge < -0.3 is 10.6 Å². The van der Waals surface area contributed by atoms with Crippen molar-refractivity contribution in [3.8, 4) is 0 Å². The highest BCUT2D eigenvalue weighted by molar-refractivity contribution is 5.92. The van der Waals surface area contributed by atoms with Gasteiger partial charge in [-0.2, -0.15) is 0 Å². The number of nitrogens with zero attached hydrogens (tertiary/aromatic N) is 1. The first-order valence-electron chi connectivity index (χ1n) is 8.53. The monoisotopic (exact) mass is 324 g/mol. The summed E-state index contributed by atoms with van der Waals surface area (Å²) in [7, 11) is 0. The zero-order chi connectivity index (χ0) is 17.7. The molecule has 1 aliphatic rings. The molecule has 1 amide bonds. The van der Waals surface area contributed by atoms with Gasteiger partial charge in [0, 0.05) is 12.6 Å². The van der Waals surface area contributed by atoms with Crippen LogP contribution in [0.25, 0.3) is 0 Å². The number of primary amides is 1. The summed E-state index contributed by atoms with van der Waals surface area (Å²) in [6.45, 7) is 13.9. The summed E-state index contributed by atoms with van der Waals surface area (Å²) in [5, 5.41) is 0. The maximum Gasteiger partial charge on any atom is 0.232 e. The lowest BCUT2D eigenvalue weighted by atomic mass is 9.64. The largest absolute Gasteiger partial charge is 0.369 e. The van der Waals surface area contributed by atoms with Crippen LogP contribution in [-0.4, -0.2) is 29.9 Å². The van der Waals surface area contributed by atoms with E-state index < -0.39 is 5.41 Å². The zero-order valence-electron chi connectivity index (χ0n) is 14.7. The fourth-order valence-corrected chi connectivity index (χ4v) is 3.92. The SMILES string of the molecule is C=C/C=C(\C=C)C(C(N)=O)(c1ccccc1)C1CCN(C(C)C)C1. The molecule has 3 heteroatoms. The van der Waals surface area contributed by atoms with Gasteiger partial charge in [0.05, 0.1) is 0 Å². The van der Waals surface area contributed by atoms with Crippen molar-refractivity contribution in [1.29, 1.82) is 0 Å². The molecule has 0 saturated carbocycles. The Morgan fingerprint density at radius 1 is 1.33 bits per heavy atom. The minimum Gasteiger partial charge on any atom is -0.369 e. The molecule has 0 bridgehead atoms. The van der Waals surface area contributed by atoms with Gasteiger partial charge in [-0.25, -0.2) is 0 Å². The summed E-state index contributed by atoms with van der Waals surface area (Å²) in [5.74, 6) is -0.207. The van der Waals surface area contributed by atoms with Crippen molar-refractivity contribution in [1.82, 2.24) is 4.90 Å². The van der Waals surface area contributed by atoms with E-state index in [0.29, 0.717) is 6.04 Å². The fourth-order valence-electron chi connectivity index (χ4n) is 3.92. The molecule has 1 fully saturated rings. The summed E-state index contributed by atoms with van der Waals surface area (Å²) in [6.07, 6.45) is 6.24. The molecule has 3 nitrogen and oxygen atoms in total. The van der Waals surface area contributed by atoms with Crippen LogP contribution in [0.4, 0.5) is 0 Å². The Kier molecular flexibility index (Phi) is 5.79. The first-order chi connectivity index (χ1) is 11.5. The Balaban J connectivity index is 2.64. The maximum atomic E-state index is 12.8. The number of hydrogen-bond donors (Lipinski definition) is 1. The van der Waals surface area contributed by atoms with Crippen molar-refractivity contribution in [2.75, 3.05) is 13.1 Å². The minimum atomic E-state index is -0.874. The lowest BCUT2D eigenvalue weighted by Gasteiger charge is -2.38. The van der Waals surface area contributed by atoms with Crippen molar-refractivity contribution < 1.29 is 4.79 Å². The van der Waals surface area contributed by atoms with Crippen molar-refractivity contribution in [2.24, 2.45) is 11.7 Å². The molecule has 128 valence electrons. The van der Waals surface area contributed by atoms with Gasteiger partial charge in [0.1, 0.15) is 5.41 Å². The van der Waals surface area contributed by atoms with E-state index >= 15 is 0 Å². The number of nitrogens with two attached hydrogens (primary N) is 1. The van der Waals surface area contributed by atoms with E-state index in [4.69, 9.17) is 5.73 Å². The third-order valence-electron chi connectivity index (χ3n) is 5.15. The summed E-state index contributed by atoms with van der Waals surface area (Å²) < 4.78 is 0. The van der Waals surface area contributed by atoms with Gasteiger partial charge in [-0.1, -0.05) is 61.7 Å². The number of likely N-dealkylation sites (tertiary alicyclic amines) is 1. The predicted octanol–water partition coefficient (Wildman–Crippen LogP) is 3.44. The predicted molar refractivity (Wildman–Crippen MR) is 101 cm³/mol. The average molecular weight is 324 g/mol. The Morgan fingerprint density at radius 3 is 2.46 bits per heavy atom. The zero-order valence-corrected chi connectivity index (χ0v) is 14.7. The summed E-state index contributed by atoms with van der Waals surface area (Å²) in [5.41, 5.74) is 6.91. The lowest BCUT2D eigenvalue weighted by Crippen LogP contribution is -2.49. The van der Waals surface area contributed by atoms with Crippen LogP contribution in [0.2, 0.25) is 0 Å². The van der Waals surface area contributed by atoms with Crippen LogP contribution in [0.15, 0.2) is 67.3 Å². The second kappa shape index (κ2) is 7.63. The van der Waals surface area contributed by atoms with E-state index in [1.54, 1.807) is 12.2 Å². The molecule has 1 aromatic carbocycles. The van der Waals surface area contributed by atoms with Gasteiger partial charge in [-0.05, 0) is 43.9 Å². The molecule has 24 heavy (non-hydrogen) atoms. The molecule has 2 atom stereocenters. The van der Waals surface area contributed by atoms with Crippen molar-refractivity contribution >= 4 is 5.91 Å². The van der Waals surface area contributed by atoms with E-state index in [1.165, 1.54) is 0 Å². The summed E-state index contributed by atoms with van der Waals surface area (Å²) >= 11 is 0. The van der Waals surface area contributed by atoms with Crippen LogP contribution < -0.4 is 5.73 Å². The van der Waals surface area contributed by atoms with Crippen LogP contribution in [-0.2, 0) is 10.2 Å². The van der Waals surface area contributed by atoms with Gasteiger partial charge in [-0.15, -0.1) is 0 Å². The Labute approximate surface area is 145 Å². The minimum absolute atomic E-state index is 0.115. The molecule has 1 heterocycles. The van der Waals surface area contributed by atoms with Crippen molar-refractivity contribution in [3.63, 3.8) is 0 Å². The highest BCUT2D eigenvalue weighted by atomic mass is 16.1. The lowest BCUT2D eigenvalue weighted by molar-refractivity contribution is -0.123. The molecular weight excluding hydrogens is 296 g/mol. The quantitative estimate of drug-likeness (QED) is 0.781. The molecule has 1 aromatic rings. The van der Waals surface area contributed by atoms with E-state index in [-0.39, 0.29) is 11.8 Å². The second-order valence-electron chi connectivity index (χ2n) is 6.67. The Morgan fingerprint density at radius 2 is 2.00 bits per heavy atom. The molecule has 1 saturated heterocycles. The number of benzene rings is 1. The number of carbonyl (C=O) groups is 1. The van der Waals surface area contributed by atoms with Gasteiger partial charge in [-0.3, -0.25) is 4.79 Å². The van der Waals surface area contributed by atoms with E-state index in [0.717, 1.165) is 30.6 Å². The van der Waals surface area contributed by atoms with Crippen LogP contribution >= 0.6 is 0 Å². The van der Waals surface area contributed by atoms with Crippen LogP contribution in [0, 0.1) is 5.92 Å². The van der Waals surface area contributed by atoms with Gasteiger partial charge in [0.2, 0.25) is 5.91 Å². The first kappa shape index (κ1) is 18.2. The van der Waals surface area contributed by atoms with Crippen molar-refractivity contribution in [3.05, 3.63) is 72.9 Å². The fraction of sp³-hybridized carbons (Fsp3) is 0.381. The van der Waals surface area contributed by atoms with Gasteiger partial charge in [0.15, 0.2) is 0 Å². The molecule has 0 spiro atoms. The first-order valence-corrected chi connectivity index (χ1v) is 8.53. The molecular formula is C21H28N2O. The third kappa shape index (κ3) is 3.09. The second-order valence-corrected chi connectivity index (χ2v) is 6.67. The average Bonchev–Trinajstić information content (AvgIpc) is 3.06. The van der Waals surface area contributed by atoms with Crippen LogP contribution in [0.5, 0.6) is 0 Å². The standard InChI is InChI=1S/C21H28N2O/c1-5-10-17(6-2)21(20(22)24,18-11-8-7-9-12-18)19-13-14-23(15-19)16(3)4/h5-12,16,19H,1-2,13-15H2,3-4H3,(H2,22,24)/b17-10+. The van der Waals surface area contributed by atoms with Crippen LogP contribution in [0.1, 0.15) is 25.8 Å². The number of allylic oxidation sites excluding steroid dienone is 3. The topological polar surface area (TPSA) is 46.3 Å². The van der Waals surface area contributed by atoms with E-state index in [1.807, 2.05) is 36.4 Å². The number of carbonyl (C=O) groups excluding carboxylic acids is 1. The number of amides is 1. The van der Waals surface area contributed by atoms with Crippen molar-refractivity contribution in [2.45, 2.75) is 31.7 Å². The third-order valence-corrected chi connectivity index (χ3v) is 5.15. The summed E-state index contributed by atoms with van der Waals surface area (Å²) in [4.78, 5) is 15.2. The highest BCUT2D eigenvalue weighted by Gasteiger charge is 2.50. The Hall–Kier alpha value is -2.13. The maximum absolute atomic E-state index is 12.8. The molecule has 0 radical (unpaired) electrons. The number of rotatable bonds is 7. The molecule has 1 aliphatic heterocycles. The van der Waals surface area contributed by atoms with Crippen LogP contribution in [0.3, 0.4) is 0 Å². The molecule has 0 aliphatic carbocycles. The van der Waals surface area contributed by atoms with Gasteiger partial charge in [0.25, 0.3) is 0 Å². The molecule has 2 unspecified atom stereocenters. The number of hydrogen-bond acceptors (Lipinski definition) is 2. The smallest absolute Gasteiger partial charge is 0.232 e. The highest BCUT2D eigenvalue weighted by Crippen LogP contribution is 2.44. The molecule has 2 N–H and O–H groups in total. The van der Waals surface area contributed by atoms with Gasteiger partial charge >= 0.3 is 0 Å². The van der Waals surface area contributed by atoms with E-state index in [2.05, 4.69) is 31.9 Å². The van der Waals surface area contributed by atoms with E-state index in [9.17, 15) is 4.79 Å². The molecule has 2 rings (SSSR count). The normalized spacial score (nSPS) is 21.5. The summed E-state index contributed by atoms with van der Waals surface area (Å²) in [6, 6.07) is 10.3.